The third-order valence-electron chi connectivity index (χ3n) is 5.57. The number of hydrogen-bond acceptors (Lipinski definition) is 5. The minimum absolute atomic E-state index is 0.0152. The van der Waals surface area contributed by atoms with Gasteiger partial charge in [0.05, 0.1) is 5.69 Å². The number of dihydropyridines is 1. The lowest BCUT2D eigenvalue weighted by molar-refractivity contribution is 0.0658. The quantitative estimate of drug-likeness (QED) is 0.789. The van der Waals surface area contributed by atoms with Crippen LogP contribution < -0.4 is 0 Å². The van der Waals surface area contributed by atoms with Crippen molar-refractivity contribution in [1.29, 1.82) is 0 Å². The van der Waals surface area contributed by atoms with Crippen LogP contribution in [0.2, 0.25) is 0 Å². The van der Waals surface area contributed by atoms with Crippen molar-refractivity contribution in [1.82, 2.24) is 19.8 Å². The lowest BCUT2D eigenvalue weighted by Gasteiger charge is -2.32. The van der Waals surface area contributed by atoms with Gasteiger partial charge in [0.15, 0.2) is 0 Å². The molecule has 6 nitrogen and oxygen atoms in total. The van der Waals surface area contributed by atoms with Crippen molar-refractivity contribution in [2.45, 2.75) is 12.8 Å². The maximum atomic E-state index is 12.9. The smallest absolute Gasteiger partial charge is 0.272 e. The molecule has 2 aliphatic rings. The normalized spacial score (nSPS) is 19.8. The number of pyridine rings is 2. The van der Waals surface area contributed by atoms with Gasteiger partial charge in [0.2, 0.25) is 0 Å². The van der Waals surface area contributed by atoms with E-state index in [0.717, 1.165) is 56.8 Å². The van der Waals surface area contributed by atoms with Crippen molar-refractivity contribution in [2.75, 3.05) is 39.8 Å². The van der Waals surface area contributed by atoms with E-state index >= 15 is 0 Å². The number of aromatic nitrogens is 2. The fraction of sp³-hybridized carbons (Fsp3) is 0.391. The summed E-state index contributed by atoms with van der Waals surface area (Å²) in [5.74, 6) is 0.385. The second-order valence-corrected chi connectivity index (χ2v) is 7.78. The largest absolute Gasteiger partial charge is 0.335 e. The molecule has 29 heavy (non-hydrogen) atoms. The van der Waals surface area contributed by atoms with Gasteiger partial charge in [0.1, 0.15) is 5.69 Å². The van der Waals surface area contributed by atoms with E-state index in [9.17, 15) is 4.79 Å². The molecule has 0 radical (unpaired) electrons. The summed E-state index contributed by atoms with van der Waals surface area (Å²) < 4.78 is 0. The maximum absolute atomic E-state index is 12.9. The molecular weight excluding hydrogens is 362 g/mol. The van der Waals surface area contributed by atoms with Crippen LogP contribution in [0.15, 0.2) is 53.8 Å². The van der Waals surface area contributed by atoms with Crippen molar-refractivity contribution in [3.63, 3.8) is 0 Å². The molecule has 6 heteroatoms. The van der Waals surface area contributed by atoms with Crippen molar-refractivity contribution in [3.05, 3.63) is 65.8 Å². The molecule has 0 aliphatic carbocycles. The number of carbonyl (C=O) groups is 1. The molecule has 2 aromatic rings. The van der Waals surface area contributed by atoms with Crippen molar-refractivity contribution in [2.24, 2.45) is 10.9 Å². The molecule has 4 heterocycles. The van der Waals surface area contributed by atoms with E-state index in [1.807, 2.05) is 41.6 Å². The summed E-state index contributed by atoms with van der Waals surface area (Å²) in [6, 6.07) is 9.77. The third kappa shape index (κ3) is 4.95. The first-order valence-corrected chi connectivity index (χ1v) is 10.2. The number of amides is 1. The summed E-state index contributed by atoms with van der Waals surface area (Å²) >= 11 is 0. The maximum Gasteiger partial charge on any atom is 0.272 e. The summed E-state index contributed by atoms with van der Waals surface area (Å²) in [6.07, 6.45) is 9.85. The average Bonchev–Trinajstić information content (AvgIpc) is 2.79. The van der Waals surface area contributed by atoms with Gasteiger partial charge in [-0.2, -0.15) is 0 Å². The van der Waals surface area contributed by atoms with E-state index in [1.165, 1.54) is 5.56 Å². The molecule has 1 fully saturated rings. The molecular formula is C23H27N5O. The van der Waals surface area contributed by atoms with Crippen LogP contribution in [0.4, 0.5) is 0 Å². The number of nitrogens with zero attached hydrogens (tertiary/aromatic N) is 5. The Morgan fingerprint density at radius 3 is 2.79 bits per heavy atom. The van der Waals surface area contributed by atoms with E-state index in [4.69, 9.17) is 0 Å². The second kappa shape index (κ2) is 9.09. The van der Waals surface area contributed by atoms with Gasteiger partial charge in [0.25, 0.3) is 5.91 Å². The zero-order valence-electron chi connectivity index (χ0n) is 16.9. The Hall–Kier alpha value is -2.86. The van der Waals surface area contributed by atoms with Gasteiger partial charge in [-0.1, -0.05) is 18.2 Å². The Bertz CT molecular complexity index is 900. The Balaban J connectivity index is 1.44. The Morgan fingerprint density at radius 2 is 2.00 bits per heavy atom. The topological polar surface area (TPSA) is 61.7 Å². The second-order valence-electron chi connectivity index (χ2n) is 7.78. The number of aryl methyl sites for hydroxylation is 1. The third-order valence-corrected chi connectivity index (χ3v) is 5.57. The highest BCUT2D eigenvalue weighted by Crippen LogP contribution is 2.22. The molecule has 150 valence electrons. The molecule has 2 aliphatic heterocycles. The van der Waals surface area contributed by atoms with Crippen LogP contribution in [-0.4, -0.2) is 71.7 Å². The van der Waals surface area contributed by atoms with Gasteiger partial charge in [-0.25, -0.2) is 4.98 Å². The van der Waals surface area contributed by atoms with E-state index in [0.29, 0.717) is 11.6 Å². The lowest BCUT2D eigenvalue weighted by atomic mass is 9.95. The van der Waals surface area contributed by atoms with Gasteiger partial charge < -0.3 is 9.80 Å². The van der Waals surface area contributed by atoms with Crippen LogP contribution in [0.25, 0.3) is 5.57 Å². The minimum Gasteiger partial charge on any atom is -0.335 e. The average molecular weight is 390 g/mol. The summed E-state index contributed by atoms with van der Waals surface area (Å²) in [7, 11) is 2.08. The molecule has 1 amide bonds. The first-order valence-electron chi connectivity index (χ1n) is 10.2. The zero-order chi connectivity index (χ0) is 20.1. The van der Waals surface area contributed by atoms with E-state index in [-0.39, 0.29) is 5.91 Å². The Labute approximate surface area is 172 Å². The first kappa shape index (κ1) is 19.5. The molecule has 1 atom stereocenters. The van der Waals surface area contributed by atoms with E-state index in [1.54, 1.807) is 6.20 Å². The molecule has 4 rings (SSSR count). The van der Waals surface area contributed by atoms with Crippen LogP contribution in [0.1, 0.15) is 28.2 Å². The highest BCUT2D eigenvalue weighted by Gasteiger charge is 2.22. The van der Waals surface area contributed by atoms with Crippen LogP contribution in [0, 0.1) is 5.92 Å². The molecule has 0 saturated carbocycles. The van der Waals surface area contributed by atoms with Gasteiger partial charge >= 0.3 is 0 Å². The number of aliphatic imine (C=N–C) groups is 1. The summed E-state index contributed by atoms with van der Waals surface area (Å²) in [4.78, 5) is 30.4. The molecule has 2 aromatic heterocycles. The van der Waals surface area contributed by atoms with Gasteiger partial charge in [-0.3, -0.25) is 14.8 Å². The highest BCUT2D eigenvalue weighted by molar-refractivity contribution is 6.10. The minimum atomic E-state index is 0.0152. The fourth-order valence-electron chi connectivity index (χ4n) is 3.75. The van der Waals surface area contributed by atoms with Crippen LogP contribution >= 0.6 is 0 Å². The van der Waals surface area contributed by atoms with Gasteiger partial charge in [-0.05, 0) is 49.6 Å². The number of likely N-dealkylation sites (N-methyl/N-ethyl adjacent to an activating group) is 1. The number of hydrogen-bond donors (Lipinski definition) is 0. The Morgan fingerprint density at radius 1 is 1.14 bits per heavy atom. The molecule has 0 aromatic carbocycles. The molecule has 0 spiro atoms. The monoisotopic (exact) mass is 389 g/mol. The number of allylic oxidation sites excluding steroid dienone is 1. The summed E-state index contributed by atoms with van der Waals surface area (Å²) in [5, 5.41) is 0. The van der Waals surface area contributed by atoms with E-state index < -0.39 is 0 Å². The molecule has 1 saturated heterocycles. The lowest BCUT2D eigenvalue weighted by Crippen LogP contribution is -2.47. The van der Waals surface area contributed by atoms with Crippen molar-refractivity contribution < 1.29 is 4.79 Å². The summed E-state index contributed by atoms with van der Waals surface area (Å²) in [5.41, 5.74) is 3.58. The fourth-order valence-corrected chi connectivity index (χ4v) is 3.75. The predicted octanol–water partition coefficient (Wildman–Crippen LogP) is 2.58. The Kier molecular flexibility index (Phi) is 6.10. The predicted molar refractivity (Wildman–Crippen MR) is 115 cm³/mol. The van der Waals surface area contributed by atoms with Crippen molar-refractivity contribution >= 4 is 17.7 Å². The number of piperazine rings is 1. The molecule has 0 bridgehead atoms. The van der Waals surface area contributed by atoms with Gasteiger partial charge in [0, 0.05) is 56.9 Å². The van der Waals surface area contributed by atoms with Crippen LogP contribution in [-0.2, 0) is 6.42 Å². The van der Waals surface area contributed by atoms with Crippen molar-refractivity contribution in [3.8, 4) is 0 Å². The van der Waals surface area contributed by atoms with E-state index in [2.05, 4.69) is 39.1 Å². The standard InChI is InChI=1S/C23H27N5O/c1-27-10-12-28(13-11-27)23(29)22-6-2-5-21(26-22)20-14-19(16-25-17-20)8-7-18-4-3-9-24-15-18/h2-6,9,14-15,17,19H,7-8,10-13,16H2,1H3. The van der Waals surface area contributed by atoms with Crippen LogP contribution in [0.5, 0.6) is 0 Å². The number of rotatable bonds is 5. The zero-order valence-corrected chi connectivity index (χ0v) is 16.9. The summed E-state index contributed by atoms with van der Waals surface area (Å²) in [6.45, 7) is 4.11. The van der Waals surface area contributed by atoms with Gasteiger partial charge in [-0.15, -0.1) is 0 Å². The highest BCUT2D eigenvalue weighted by atomic mass is 16.2. The SMILES string of the molecule is CN1CCN(C(=O)c2cccc(C3=CC(CCc4cccnc4)CN=C3)n2)CC1. The number of carbonyl (C=O) groups excluding carboxylic acids is 1. The molecule has 0 N–H and O–H groups in total. The van der Waals surface area contributed by atoms with Crippen LogP contribution in [0.3, 0.4) is 0 Å². The molecule has 1 unspecified atom stereocenters. The first-order chi connectivity index (χ1) is 14.2.